The van der Waals surface area contributed by atoms with Crippen molar-refractivity contribution in [3.8, 4) is 6.07 Å². The van der Waals surface area contributed by atoms with Gasteiger partial charge in [0.25, 0.3) is 0 Å². The first-order valence-corrected chi connectivity index (χ1v) is 4.39. The Hall–Kier alpha value is -1.08. The van der Waals surface area contributed by atoms with Crippen molar-refractivity contribution in [2.24, 2.45) is 5.92 Å². The van der Waals surface area contributed by atoms with Crippen molar-refractivity contribution in [3.63, 3.8) is 0 Å². The van der Waals surface area contributed by atoms with Gasteiger partial charge in [-0.25, -0.2) is 0 Å². The van der Waals surface area contributed by atoms with E-state index in [1.165, 1.54) is 0 Å². The Kier molecular flexibility index (Phi) is 5.90. The van der Waals surface area contributed by atoms with Crippen LogP contribution in [0.4, 0.5) is 0 Å². The third kappa shape index (κ3) is 5.21. The molecule has 0 spiro atoms. The highest BCUT2D eigenvalue weighted by Gasteiger charge is 2.14. The predicted octanol–water partition coefficient (Wildman–Crippen LogP) is 0.423. The van der Waals surface area contributed by atoms with Gasteiger partial charge in [0.15, 0.2) is 0 Å². The van der Waals surface area contributed by atoms with Crippen LogP contribution in [0.3, 0.4) is 0 Å². The molecule has 4 nitrogen and oxygen atoms in total. The molecule has 1 unspecified atom stereocenters. The van der Waals surface area contributed by atoms with Gasteiger partial charge in [-0.15, -0.1) is 0 Å². The van der Waals surface area contributed by atoms with E-state index in [-0.39, 0.29) is 30.9 Å². The van der Waals surface area contributed by atoms with Gasteiger partial charge in [-0.05, 0) is 12.3 Å². The third-order valence-corrected chi connectivity index (χ3v) is 1.83. The van der Waals surface area contributed by atoms with Crippen LogP contribution in [0.25, 0.3) is 0 Å². The van der Waals surface area contributed by atoms with E-state index >= 15 is 0 Å². The fourth-order valence-corrected chi connectivity index (χ4v) is 1.04. The van der Waals surface area contributed by atoms with Crippen molar-refractivity contribution in [2.75, 3.05) is 6.61 Å². The monoisotopic (exact) mass is 184 g/mol. The summed E-state index contributed by atoms with van der Waals surface area (Å²) in [5, 5.41) is 19.7. The van der Waals surface area contributed by atoms with Gasteiger partial charge in [0.2, 0.25) is 5.91 Å². The van der Waals surface area contributed by atoms with Crippen molar-refractivity contribution in [1.82, 2.24) is 5.32 Å². The maximum absolute atomic E-state index is 11.0. The topological polar surface area (TPSA) is 73.1 Å². The summed E-state index contributed by atoms with van der Waals surface area (Å²) in [7, 11) is 0. The fourth-order valence-electron chi connectivity index (χ4n) is 1.04. The summed E-state index contributed by atoms with van der Waals surface area (Å²) in [5.74, 6) is 0.00411. The van der Waals surface area contributed by atoms with Gasteiger partial charge < -0.3 is 10.4 Å². The number of nitrogens with zero attached hydrogens (tertiary/aromatic N) is 1. The molecular formula is C9H16N2O2. The second-order valence-corrected chi connectivity index (χ2v) is 3.27. The number of amides is 1. The Balaban J connectivity index is 3.95. The van der Waals surface area contributed by atoms with E-state index in [2.05, 4.69) is 5.32 Å². The van der Waals surface area contributed by atoms with Crippen LogP contribution in [0.2, 0.25) is 0 Å². The van der Waals surface area contributed by atoms with Crippen LogP contribution in [-0.2, 0) is 4.79 Å². The van der Waals surface area contributed by atoms with Gasteiger partial charge in [0.1, 0.15) is 6.42 Å². The summed E-state index contributed by atoms with van der Waals surface area (Å²) in [4.78, 5) is 11.0. The Labute approximate surface area is 78.6 Å². The van der Waals surface area contributed by atoms with Crippen molar-refractivity contribution in [1.29, 1.82) is 5.26 Å². The molecule has 0 aliphatic rings. The van der Waals surface area contributed by atoms with Gasteiger partial charge in [0.05, 0.1) is 6.07 Å². The third-order valence-electron chi connectivity index (χ3n) is 1.83. The summed E-state index contributed by atoms with van der Waals surface area (Å²) in [6, 6.07) is 1.74. The van der Waals surface area contributed by atoms with Crippen LogP contribution < -0.4 is 5.32 Å². The maximum atomic E-state index is 11.0. The summed E-state index contributed by atoms with van der Waals surface area (Å²) in [6.45, 7) is 3.98. The number of aliphatic hydroxyl groups is 1. The molecule has 0 saturated heterocycles. The first-order valence-electron chi connectivity index (χ1n) is 4.39. The van der Waals surface area contributed by atoms with Gasteiger partial charge in [-0.2, -0.15) is 5.26 Å². The van der Waals surface area contributed by atoms with Gasteiger partial charge in [-0.1, -0.05) is 13.8 Å². The minimum Gasteiger partial charge on any atom is -0.396 e. The van der Waals surface area contributed by atoms with Crippen molar-refractivity contribution >= 4 is 5.91 Å². The molecule has 1 amide bonds. The zero-order valence-electron chi connectivity index (χ0n) is 8.08. The predicted molar refractivity (Wildman–Crippen MR) is 48.7 cm³/mol. The van der Waals surface area contributed by atoms with Crippen molar-refractivity contribution in [2.45, 2.75) is 32.7 Å². The molecule has 74 valence electrons. The summed E-state index contributed by atoms with van der Waals surface area (Å²) in [5.41, 5.74) is 0. The van der Waals surface area contributed by atoms with E-state index in [4.69, 9.17) is 10.4 Å². The number of carbonyl (C=O) groups excluding carboxylic acids is 1. The van der Waals surface area contributed by atoms with Crippen molar-refractivity contribution < 1.29 is 9.90 Å². The Morgan fingerprint density at radius 2 is 2.23 bits per heavy atom. The Morgan fingerprint density at radius 1 is 1.62 bits per heavy atom. The molecule has 0 rings (SSSR count). The molecule has 13 heavy (non-hydrogen) atoms. The lowest BCUT2D eigenvalue weighted by atomic mass is 10.0. The lowest BCUT2D eigenvalue weighted by molar-refractivity contribution is -0.121. The first-order chi connectivity index (χ1) is 6.11. The molecule has 0 aromatic heterocycles. The molecule has 0 radical (unpaired) electrons. The zero-order chi connectivity index (χ0) is 10.3. The molecule has 0 fully saturated rings. The highest BCUT2D eigenvalue weighted by atomic mass is 16.3. The molecule has 0 saturated carbocycles. The minimum absolute atomic E-state index is 0.0363. The smallest absolute Gasteiger partial charge is 0.234 e. The highest BCUT2D eigenvalue weighted by Crippen LogP contribution is 2.05. The van der Waals surface area contributed by atoms with Crippen LogP contribution in [0, 0.1) is 17.2 Å². The largest absolute Gasteiger partial charge is 0.396 e. The molecule has 0 aliphatic carbocycles. The van der Waals surface area contributed by atoms with Crippen LogP contribution in [0.5, 0.6) is 0 Å². The van der Waals surface area contributed by atoms with E-state index in [0.29, 0.717) is 6.42 Å². The molecule has 4 heteroatoms. The quantitative estimate of drug-likeness (QED) is 0.650. The van der Waals surface area contributed by atoms with E-state index < -0.39 is 0 Å². The second kappa shape index (κ2) is 6.44. The molecule has 2 N–H and O–H groups in total. The van der Waals surface area contributed by atoms with Crippen LogP contribution in [0.15, 0.2) is 0 Å². The SMILES string of the molecule is CC(C)C(CCO)NC(=O)CC#N. The number of aliphatic hydroxyl groups excluding tert-OH is 1. The van der Waals surface area contributed by atoms with Gasteiger partial charge in [-0.3, -0.25) is 4.79 Å². The van der Waals surface area contributed by atoms with E-state index in [0.717, 1.165) is 0 Å². The molecule has 0 aliphatic heterocycles. The van der Waals surface area contributed by atoms with Gasteiger partial charge in [0, 0.05) is 12.6 Å². The summed E-state index contributed by atoms with van der Waals surface area (Å²) in [6.07, 6.45) is 0.420. The van der Waals surface area contributed by atoms with Crippen LogP contribution >= 0.6 is 0 Å². The van der Waals surface area contributed by atoms with Crippen LogP contribution in [-0.4, -0.2) is 23.7 Å². The zero-order valence-corrected chi connectivity index (χ0v) is 8.08. The number of carbonyl (C=O) groups is 1. The molecular weight excluding hydrogens is 168 g/mol. The summed E-state index contributed by atoms with van der Waals surface area (Å²) >= 11 is 0. The van der Waals surface area contributed by atoms with Gasteiger partial charge >= 0.3 is 0 Å². The van der Waals surface area contributed by atoms with E-state index in [1.807, 2.05) is 13.8 Å². The first kappa shape index (κ1) is 11.9. The Bertz CT molecular complexity index is 196. The number of hydrogen-bond donors (Lipinski definition) is 2. The maximum Gasteiger partial charge on any atom is 0.234 e. The summed E-state index contributed by atoms with van der Waals surface area (Å²) < 4.78 is 0. The number of rotatable bonds is 5. The number of nitrogens with one attached hydrogen (secondary N) is 1. The minimum atomic E-state index is -0.269. The second-order valence-electron chi connectivity index (χ2n) is 3.27. The molecule has 1 atom stereocenters. The fraction of sp³-hybridized carbons (Fsp3) is 0.778. The molecule has 0 heterocycles. The lowest BCUT2D eigenvalue weighted by Crippen LogP contribution is -2.38. The van der Waals surface area contributed by atoms with E-state index in [9.17, 15) is 4.79 Å². The average Bonchev–Trinajstić information content (AvgIpc) is 2.04. The highest BCUT2D eigenvalue weighted by molar-refractivity contribution is 5.78. The number of nitriles is 1. The standard InChI is InChI=1S/C9H16N2O2/c1-7(2)8(4-6-12)11-9(13)3-5-10/h7-8,12H,3-4,6H2,1-2H3,(H,11,13). The van der Waals surface area contributed by atoms with Crippen LogP contribution in [0.1, 0.15) is 26.7 Å². The molecule has 0 bridgehead atoms. The molecule has 0 aromatic carbocycles. The number of hydrogen-bond acceptors (Lipinski definition) is 3. The average molecular weight is 184 g/mol. The molecule has 0 aromatic rings. The van der Waals surface area contributed by atoms with E-state index in [1.54, 1.807) is 6.07 Å². The Morgan fingerprint density at radius 3 is 2.62 bits per heavy atom. The van der Waals surface area contributed by atoms with Crippen molar-refractivity contribution in [3.05, 3.63) is 0 Å². The normalized spacial score (nSPS) is 12.2. The lowest BCUT2D eigenvalue weighted by Gasteiger charge is -2.20.